The molecule has 0 fully saturated rings. The highest BCUT2D eigenvalue weighted by molar-refractivity contribution is 7.89. The number of nitrogens with zero attached hydrogens (tertiary/aromatic N) is 1. The monoisotopic (exact) mass is 267 g/mol. The minimum atomic E-state index is -3.48. The first-order valence-corrected chi connectivity index (χ1v) is 7.17. The number of amidine groups is 1. The van der Waals surface area contributed by atoms with Crippen LogP contribution in [0.3, 0.4) is 0 Å². The molecule has 0 heterocycles. The predicted molar refractivity (Wildman–Crippen MR) is 65.5 cm³/mol. The molecule has 0 saturated carbocycles. The van der Waals surface area contributed by atoms with E-state index in [0.29, 0.717) is 13.0 Å². The highest BCUT2D eigenvalue weighted by Crippen LogP contribution is 2.00. The van der Waals surface area contributed by atoms with Gasteiger partial charge in [-0.2, -0.15) is 0 Å². The Kier molecular flexibility index (Phi) is 7.85. The quantitative estimate of drug-likeness (QED) is 0.177. The van der Waals surface area contributed by atoms with Gasteiger partial charge in [0, 0.05) is 6.61 Å². The Labute approximate surface area is 102 Å². The van der Waals surface area contributed by atoms with Gasteiger partial charge in [-0.15, -0.1) is 0 Å². The molecule has 0 aromatic carbocycles. The van der Waals surface area contributed by atoms with Crippen molar-refractivity contribution in [1.82, 2.24) is 4.72 Å². The molecule has 17 heavy (non-hydrogen) atoms. The average molecular weight is 267 g/mol. The van der Waals surface area contributed by atoms with E-state index in [0.717, 1.165) is 6.42 Å². The van der Waals surface area contributed by atoms with Gasteiger partial charge in [-0.25, -0.2) is 13.1 Å². The van der Waals surface area contributed by atoms with Gasteiger partial charge in [-0.05, 0) is 13.3 Å². The largest absolute Gasteiger partial charge is 0.409 e. The van der Waals surface area contributed by atoms with Gasteiger partial charge in [0.2, 0.25) is 10.0 Å². The normalized spacial score (nSPS) is 14.8. The van der Waals surface area contributed by atoms with Crippen LogP contribution in [0.4, 0.5) is 0 Å². The number of nitrogens with one attached hydrogen (secondary N) is 1. The van der Waals surface area contributed by atoms with E-state index in [2.05, 4.69) is 9.88 Å². The lowest BCUT2D eigenvalue weighted by molar-refractivity contribution is 0.163. The van der Waals surface area contributed by atoms with Crippen molar-refractivity contribution in [3.8, 4) is 0 Å². The van der Waals surface area contributed by atoms with Gasteiger partial charge in [-0.1, -0.05) is 18.5 Å². The van der Waals surface area contributed by atoms with Gasteiger partial charge < -0.3 is 15.7 Å². The van der Waals surface area contributed by atoms with Crippen LogP contribution < -0.4 is 10.5 Å². The van der Waals surface area contributed by atoms with Gasteiger partial charge in [0.1, 0.15) is 0 Å². The van der Waals surface area contributed by atoms with E-state index in [9.17, 15) is 8.42 Å². The van der Waals surface area contributed by atoms with Crippen LogP contribution in [0.5, 0.6) is 0 Å². The molecular weight excluding hydrogens is 246 g/mol. The molecule has 0 aliphatic rings. The summed E-state index contributed by atoms with van der Waals surface area (Å²) in [5.41, 5.74) is 5.41. The topological polar surface area (TPSA) is 114 Å². The fourth-order valence-electron chi connectivity index (χ4n) is 1.21. The summed E-state index contributed by atoms with van der Waals surface area (Å²) in [4.78, 5) is 0. The molecule has 7 nitrogen and oxygen atoms in total. The molecule has 102 valence electrons. The average Bonchev–Trinajstić information content (AvgIpc) is 2.27. The zero-order valence-corrected chi connectivity index (χ0v) is 11.0. The first-order chi connectivity index (χ1) is 7.96. The van der Waals surface area contributed by atoms with Crippen molar-refractivity contribution in [2.45, 2.75) is 32.7 Å². The number of hydrogen-bond donors (Lipinski definition) is 3. The summed E-state index contributed by atoms with van der Waals surface area (Å²) in [5.74, 6) is -0.272. The molecule has 0 saturated heterocycles. The molecule has 0 radical (unpaired) electrons. The van der Waals surface area contributed by atoms with Crippen LogP contribution in [0.2, 0.25) is 0 Å². The third kappa shape index (κ3) is 7.14. The van der Waals surface area contributed by atoms with Crippen LogP contribution in [0, 0.1) is 0 Å². The van der Waals surface area contributed by atoms with Gasteiger partial charge in [0.25, 0.3) is 0 Å². The van der Waals surface area contributed by atoms with Gasteiger partial charge in [-0.3, -0.25) is 0 Å². The summed E-state index contributed by atoms with van der Waals surface area (Å²) in [6, 6.07) is -0.670. The second-order valence-electron chi connectivity index (χ2n) is 3.50. The molecule has 0 aliphatic carbocycles. The van der Waals surface area contributed by atoms with E-state index in [1.165, 1.54) is 0 Å². The Bertz CT molecular complexity index is 329. The molecule has 8 heteroatoms. The summed E-state index contributed by atoms with van der Waals surface area (Å²) in [6.07, 6.45) is 1.19. The van der Waals surface area contributed by atoms with E-state index in [4.69, 9.17) is 15.7 Å². The van der Waals surface area contributed by atoms with Gasteiger partial charge >= 0.3 is 0 Å². The maximum absolute atomic E-state index is 11.6. The Hall–Kier alpha value is -0.860. The van der Waals surface area contributed by atoms with E-state index < -0.39 is 16.1 Å². The lowest BCUT2D eigenvalue weighted by atomic mass is 10.2. The second kappa shape index (κ2) is 8.26. The van der Waals surface area contributed by atoms with Crippen molar-refractivity contribution in [2.24, 2.45) is 10.9 Å². The lowest BCUT2D eigenvalue weighted by Crippen LogP contribution is -2.45. The van der Waals surface area contributed by atoms with Crippen LogP contribution in [-0.4, -0.2) is 44.5 Å². The summed E-state index contributed by atoms with van der Waals surface area (Å²) in [5, 5.41) is 11.4. The maximum Gasteiger partial charge on any atom is 0.214 e. The number of oxime groups is 1. The standard InChI is InChI=1S/C9H21N3O4S/c1-3-5-8(9(10)11-13)12-17(14,15)7-6-16-4-2/h8,12-13H,3-7H2,1-2H3,(H2,10,11). The smallest absolute Gasteiger partial charge is 0.214 e. The van der Waals surface area contributed by atoms with Crippen LogP contribution in [0.1, 0.15) is 26.7 Å². The van der Waals surface area contributed by atoms with Crippen molar-refractivity contribution >= 4 is 15.9 Å². The first kappa shape index (κ1) is 16.1. The van der Waals surface area contributed by atoms with Crippen molar-refractivity contribution in [3.63, 3.8) is 0 Å². The summed E-state index contributed by atoms with van der Waals surface area (Å²) >= 11 is 0. The van der Waals surface area contributed by atoms with Crippen molar-refractivity contribution in [2.75, 3.05) is 19.0 Å². The molecule has 0 bridgehead atoms. The summed E-state index contributed by atoms with van der Waals surface area (Å²) in [6.45, 7) is 4.26. The predicted octanol–water partition coefficient (Wildman–Crippen LogP) is -0.143. The van der Waals surface area contributed by atoms with E-state index in [1.807, 2.05) is 6.92 Å². The minimum Gasteiger partial charge on any atom is -0.409 e. The molecule has 1 unspecified atom stereocenters. The fourth-order valence-corrected chi connectivity index (χ4v) is 2.34. The molecule has 0 aliphatic heterocycles. The zero-order valence-electron chi connectivity index (χ0n) is 10.2. The second-order valence-corrected chi connectivity index (χ2v) is 5.37. The fraction of sp³-hybridized carbons (Fsp3) is 0.889. The Morgan fingerprint density at radius 1 is 1.53 bits per heavy atom. The van der Waals surface area contributed by atoms with Crippen LogP contribution in [0.15, 0.2) is 5.16 Å². The SMILES string of the molecule is CCCC(NS(=O)(=O)CCOCC)C(N)=NO. The Morgan fingerprint density at radius 2 is 2.18 bits per heavy atom. The zero-order chi connectivity index (χ0) is 13.3. The molecule has 0 aromatic rings. The highest BCUT2D eigenvalue weighted by Gasteiger charge is 2.20. The molecule has 0 amide bonds. The van der Waals surface area contributed by atoms with Crippen LogP contribution in [0.25, 0.3) is 0 Å². The molecule has 0 rings (SSSR count). The number of sulfonamides is 1. The van der Waals surface area contributed by atoms with Gasteiger partial charge in [0.15, 0.2) is 5.84 Å². The molecule has 0 spiro atoms. The van der Waals surface area contributed by atoms with E-state index in [-0.39, 0.29) is 18.2 Å². The highest BCUT2D eigenvalue weighted by atomic mass is 32.2. The molecular formula is C9H21N3O4S. The van der Waals surface area contributed by atoms with E-state index in [1.54, 1.807) is 6.92 Å². The number of ether oxygens (including phenoxy) is 1. The third-order valence-electron chi connectivity index (χ3n) is 2.07. The Morgan fingerprint density at radius 3 is 2.65 bits per heavy atom. The Balaban J connectivity index is 4.42. The summed E-state index contributed by atoms with van der Waals surface area (Å²) in [7, 11) is -3.48. The first-order valence-electron chi connectivity index (χ1n) is 5.52. The van der Waals surface area contributed by atoms with Crippen LogP contribution >= 0.6 is 0 Å². The molecule has 0 aromatic heterocycles. The van der Waals surface area contributed by atoms with E-state index >= 15 is 0 Å². The minimum absolute atomic E-state index is 0.126. The molecule has 4 N–H and O–H groups in total. The van der Waals surface area contributed by atoms with Crippen molar-refractivity contribution < 1.29 is 18.4 Å². The van der Waals surface area contributed by atoms with Crippen LogP contribution in [-0.2, 0) is 14.8 Å². The number of rotatable bonds is 9. The third-order valence-corrected chi connectivity index (χ3v) is 3.42. The number of nitrogens with two attached hydrogens (primary N) is 1. The lowest BCUT2D eigenvalue weighted by Gasteiger charge is -2.16. The van der Waals surface area contributed by atoms with Gasteiger partial charge in [0.05, 0.1) is 18.4 Å². The number of hydrogen-bond acceptors (Lipinski definition) is 5. The summed E-state index contributed by atoms with van der Waals surface area (Å²) < 4.78 is 30.6. The molecule has 1 atom stereocenters. The maximum atomic E-state index is 11.6. The van der Waals surface area contributed by atoms with Crippen molar-refractivity contribution in [3.05, 3.63) is 0 Å². The van der Waals surface area contributed by atoms with Crippen molar-refractivity contribution in [1.29, 1.82) is 0 Å².